The van der Waals surface area contributed by atoms with Crippen LogP contribution in [-0.4, -0.2) is 82.4 Å². The van der Waals surface area contributed by atoms with Gasteiger partial charge in [0.05, 0.1) is 64.1 Å². The van der Waals surface area contributed by atoms with E-state index in [0.29, 0.717) is 70.0 Å². The first-order valence-corrected chi connectivity index (χ1v) is 11.3. The van der Waals surface area contributed by atoms with Crippen molar-refractivity contribution < 1.29 is 37.9 Å². The lowest BCUT2D eigenvalue weighted by atomic mass is 9.87. The molecule has 0 aromatic carbocycles. The molecule has 1 spiro atoms. The third-order valence-corrected chi connectivity index (χ3v) is 7.53. The first-order valence-electron chi connectivity index (χ1n) is 11.3. The molecule has 0 bridgehead atoms. The van der Waals surface area contributed by atoms with Crippen LogP contribution >= 0.6 is 0 Å². The summed E-state index contributed by atoms with van der Waals surface area (Å²) in [4.78, 5) is 0. The third-order valence-electron chi connectivity index (χ3n) is 7.53. The van der Waals surface area contributed by atoms with E-state index in [1.807, 2.05) is 0 Å². The maximum Gasteiger partial charge on any atom is 0.412 e. The maximum atomic E-state index is 6.18. The summed E-state index contributed by atoms with van der Waals surface area (Å²) in [6, 6.07) is 0. The number of ether oxygens (including phenoxy) is 8. The fourth-order valence-electron chi connectivity index (χ4n) is 5.15. The van der Waals surface area contributed by atoms with E-state index in [1.165, 1.54) is 12.8 Å². The zero-order valence-corrected chi connectivity index (χ0v) is 17.1. The van der Waals surface area contributed by atoms with Crippen LogP contribution in [-0.2, 0) is 37.9 Å². The SMILES string of the molecule is CCC1(COC2CCC3OC23)COC2(OCC(OCC3CCC4OC34)CO2)OC1. The van der Waals surface area contributed by atoms with Gasteiger partial charge in [-0.3, -0.25) is 0 Å². The van der Waals surface area contributed by atoms with Crippen molar-refractivity contribution in [1.82, 2.24) is 0 Å². The summed E-state index contributed by atoms with van der Waals surface area (Å²) in [7, 11) is 0. The average Bonchev–Trinajstić information content (AvgIpc) is 3.65. The minimum absolute atomic E-state index is 0.0966. The zero-order chi connectivity index (χ0) is 19.5. The Morgan fingerprint density at radius 3 is 2.14 bits per heavy atom. The standard InChI is InChI=1S/C21H32O8/c1-2-20(10-23-15-5-6-17-19(15)29-17)11-26-21(27-12-20)24-8-14(9-25-21)22-7-13-3-4-16-18(13)28-16/h13-19H,2-12H2,1H3. The summed E-state index contributed by atoms with van der Waals surface area (Å²) in [6.07, 6.45) is 5.84. The molecule has 6 rings (SSSR count). The smallest absolute Gasteiger partial charge is 0.375 e. The highest BCUT2D eigenvalue weighted by atomic mass is 17.0. The zero-order valence-electron chi connectivity index (χ0n) is 17.1. The summed E-state index contributed by atoms with van der Waals surface area (Å²) in [5.41, 5.74) is -0.179. The van der Waals surface area contributed by atoms with Crippen LogP contribution in [0.1, 0.15) is 39.0 Å². The van der Waals surface area contributed by atoms with E-state index < -0.39 is 6.16 Å². The lowest BCUT2D eigenvalue weighted by Gasteiger charge is -2.46. The van der Waals surface area contributed by atoms with Gasteiger partial charge in [0, 0.05) is 11.3 Å². The van der Waals surface area contributed by atoms with Crippen LogP contribution in [0.5, 0.6) is 0 Å². The molecule has 8 nitrogen and oxygen atoms in total. The fraction of sp³-hybridized carbons (Fsp3) is 1.00. The van der Waals surface area contributed by atoms with Gasteiger partial charge in [-0.15, -0.1) is 0 Å². The van der Waals surface area contributed by atoms with Crippen molar-refractivity contribution >= 4 is 0 Å². The van der Waals surface area contributed by atoms with E-state index in [9.17, 15) is 0 Å². The number of hydrogen-bond acceptors (Lipinski definition) is 8. The summed E-state index contributed by atoms with van der Waals surface area (Å²) in [6.45, 7) is 5.23. The average molecular weight is 412 g/mol. The molecular weight excluding hydrogens is 380 g/mol. The second-order valence-corrected chi connectivity index (χ2v) is 9.55. The molecule has 0 radical (unpaired) electrons. The minimum atomic E-state index is -1.39. The molecule has 0 aromatic heterocycles. The second-order valence-electron chi connectivity index (χ2n) is 9.55. The highest BCUT2D eigenvalue weighted by Gasteiger charge is 2.54. The van der Waals surface area contributed by atoms with Gasteiger partial charge in [0.25, 0.3) is 0 Å². The molecule has 6 aliphatic rings. The number of epoxide rings is 2. The molecule has 4 heterocycles. The van der Waals surface area contributed by atoms with Crippen molar-refractivity contribution in [2.75, 3.05) is 39.6 Å². The van der Waals surface area contributed by atoms with Gasteiger partial charge in [0.1, 0.15) is 12.2 Å². The summed E-state index contributed by atoms with van der Waals surface area (Å²) < 4.78 is 46.9. The Labute approximate surface area is 171 Å². The fourth-order valence-corrected chi connectivity index (χ4v) is 5.15. The van der Waals surface area contributed by atoms with Crippen LogP contribution in [0.25, 0.3) is 0 Å². The molecule has 6 atom stereocenters. The van der Waals surface area contributed by atoms with Gasteiger partial charge in [0.15, 0.2) is 0 Å². The van der Waals surface area contributed by atoms with Gasteiger partial charge in [-0.05, 0) is 32.1 Å². The molecular formula is C21H32O8. The second kappa shape index (κ2) is 7.38. The summed E-state index contributed by atoms with van der Waals surface area (Å²) in [5.74, 6) is 0.513. The normalized spacial score (nSPS) is 53.1. The predicted octanol–water partition coefficient (Wildman–Crippen LogP) is 1.60. The molecule has 164 valence electrons. The van der Waals surface area contributed by atoms with Crippen molar-refractivity contribution in [2.24, 2.45) is 11.3 Å². The van der Waals surface area contributed by atoms with Crippen molar-refractivity contribution in [1.29, 1.82) is 0 Å². The highest BCUT2D eigenvalue weighted by Crippen LogP contribution is 2.44. The predicted molar refractivity (Wildman–Crippen MR) is 98.0 cm³/mol. The van der Waals surface area contributed by atoms with Gasteiger partial charge >= 0.3 is 6.16 Å². The molecule has 4 saturated heterocycles. The van der Waals surface area contributed by atoms with Gasteiger partial charge < -0.3 is 37.9 Å². The Morgan fingerprint density at radius 2 is 1.55 bits per heavy atom. The van der Waals surface area contributed by atoms with Crippen molar-refractivity contribution in [3.8, 4) is 0 Å². The molecule has 0 N–H and O–H groups in total. The topological polar surface area (TPSA) is 80.4 Å². The van der Waals surface area contributed by atoms with Crippen LogP contribution < -0.4 is 0 Å². The van der Waals surface area contributed by atoms with E-state index in [2.05, 4.69) is 6.92 Å². The highest BCUT2D eigenvalue weighted by molar-refractivity contribution is 4.99. The maximum absolute atomic E-state index is 6.18. The van der Waals surface area contributed by atoms with Crippen LogP contribution in [0.15, 0.2) is 0 Å². The lowest BCUT2D eigenvalue weighted by molar-refractivity contribution is -0.544. The van der Waals surface area contributed by atoms with Crippen LogP contribution in [0.4, 0.5) is 0 Å². The molecule has 0 amide bonds. The van der Waals surface area contributed by atoms with Crippen LogP contribution in [0.2, 0.25) is 0 Å². The monoisotopic (exact) mass is 412 g/mol. The quantitative estimate of drug-likeness (QED) is 0.584. The van der Waals surface area contributed by atoms with Gasteiger partial charge in [-0.25, -0.2) is 0 Å². The van der Waals surface area contributed by atoms with Crippen molar-refractivity contribution in [3.05, 3.63) is 0 Å². The van der Waals surface area contributed by atoms with E-state index in [0.717, 1.165) is 19.3 Å². The Kier molecular flexibility index (Phi) is 4.93. The summed E-state index contributed by atoms with van der Waals surface area (Å²) in [5, 5.41) is 0. The number of rotatable bonds is 7. The van der Waals surface area contributed by atoms with E-state index >= 15 is 0 Å². The van der Waals surface area contributed by atoms with Crippen LogP contribution in [0.3, 0.4) is 0 Å². The molecule has 6 unspecified atom stereocenters. The first-order chi connectivity index (χ1) is 14.2. The Hall–Kier alpha value is -0.320. The minimum Gasteiger partial charge on any atom is -0.375 e. The molecule has 2 aliphatic carbocycles. The largest absolute Gasteiger partial charge is 0.412 e. The molecule has 29 heavy (non-hydrogen) atoms. The number of hydrogen-bond donors (Lipinski definition) is 0. The number of fused-ring (bicyclic) bond motifs is 2. The molecule has 6 fully saturated rings. The third kappa shape index (κ3) is 3.76. The van der Waals surface area contributed by atoms with Gasteiger partial charge in [-0.1, -0.05) is 6.92 Å². The lowest BCUT2D eigenvalue weighted by Crippen LogP contribution is -2.58. The van der Waals surface area contributed by atoms with E-state index in [1.54, 1.807) is 0 Å². The Bertz CT molecular complexity index is 595. The van der Waals surface area contributed by atoms with Crippen LogP contribution in [0, 0.1) is 11.3 Å². The van der Waals surface area contributed by atoms with Gasteiger partial charge in [-0.2, -0.15) is 0 Å². The van der Waals surface area contributed by atoms with Crippen molar-refractivity contribution in [3.63, 3.8) is 0 Å². The summed E-state index contributed by atoms with van der Waals surface area (Å²) >= 11 is 0. The molecule has 2 saturated carbocycles. The molecule has 8 heteroatoms. The Morgan fingerprint density at radius 1 is 0.828 bits per heavy atom. The molecule has 0 aromatic rings. The first kappa shape index (κ1) is 19.4. The molecule has 4 aliphatic heterocycles. The van der Waals surface area contributed by atoms with Gasteiger partial charge in [0.2, 0.25) is 0 Å². The van der Waals surface area contributed by atoms with E-state index in [4.69, 9.17) is 37.9 Å². The van der Waals surface area contributed by atoms with Crippen molar-refractivity contribution in [2.45, 2.75) is 81.8 Å². The Balaban J connectivity index is 0.953. The van der Waals surface area contributed by atoms with E-state index in [-0.39, 0.29) is 17.6 Å².